The van der Waals surface area contributed by atoms with Gasteiger partial charge in [-0.05, 0) is 19.4 Å². The van der Waals surface area contributed by atoms with E-state index in [1.807, 2.05) is 6.92 Å². The third-order valence-corrected chi connectivity index (χ3v) is 4.13. The number of ether oxygens (including phenoxy) is 1. The lowest BCUT2D eigenvalue weighted by Gasteiger charge is -2.26. The van der Waals surface area contributed by atoms with Crippen LogP contribution in [0, 0.1) is 13.8 Å². The fourth-order valence-electron chi connectivity index (χ4n) is 2.79. The predicted octanol–water partition coefficient (Wildman–Crippen LogP) is 1.09. The number of hydrogen-bond donors (Lipinski definition) is 1. The van der Waals surface area contributed by atoms with Gasteiger partial charge < -0.3 is 14.4 Å². The Balaban J connectivity index is 1.87. The molecule has 0 atom stereocenters. The van der Waals surface area contributed by atoms with Crippen molar-refractivity contribution in [3.8, 4) is 5.88 Å². The largest absolute Gasteiger partial charge is 0.493 e. The summed E-state index contributed by atoms with van der Waals surface area (Å²) in [6.45, 7) is 9.50. The molecule has 2 aromatic heterocycles. The van der Waals surface area contributed by atoms with Gasteiger partial charge in [0.15, 0.2) is 0 Å². The van der Waals surface area contributed by atoms with Gasteiger partial charge in [0.05, 0.1) is 18.6 Å². The van der Waals surface area contributed by atoms with Crippen molar-refractivity contribution in [2.24, 2.45) is 0 Å². The second-order valence-electron chi connectivity index (χ2n) is 5.21. The highest BCUT2D eigenvalue weighted by molar-refractivity contribution is 5.86. The van der Waals surface area contributed by atoms with Crippen molar-refractivity contribution in [2.45, 2.75) is 20.4 Å². The van der Waals surface area contributed by atoms with Crippen molar-refractivity contribution in [2.75, 3.05) is 32.8 Å². The van der Waals surface area contributed by atoms with Crippen LogP contribution in [-0.4, -0.2) is 57.4 Å². The second-order valence-corrected chi connectivity index (χ2v) is 5.21. The van der Waals surface area contributed by atoms with E-state index in [-0.39, 0.29) is 5.88 Å². The average molecular weight is 276 g/mol. The summed E-state index contributed by atoms with van der Waals surface area (Å²) >= 11 is 0. The maximum absolute atomic E-state index is 9.92. The predicted molar refractivity (Wildman–Crippen MR) is 75.9 cm³/mol. The minimum Gasteiger partial charge on any atom is -0.493 e. The molecular weight excluding hydrogens is 256 g/mol. The maximum Gasteiger partial charge on any atom is 0.223 e. The van der Waals surface area contributed by atoms with E-state index in [2.05, 4.69) is 26.4 Å². The lowest BCUT2D eigenvalue weighted by atomic mass is 10.2. The summed E-state index contributed by atoms with van der Waals surface area (Å²) in [4.78, 5) is 10.6. The summed E-state index contributed by atoms with van der Waals surface area (Å²) in [7, 11) is 0. The summed E-state index contributed by atoms with van der Waals surface area (Å²) in [6, 6.07) is 0. The van der Waals surface area contributed by atoms with E-state index in [9.17, 15) is 5.11 Å². The Hall–Kier alpha value is -1.66. The first kappa shape index (κ1) is 13.3. The number of aromatic nitrogens is 3. The van der Waals surface area contributed by atoms with Gasteiger partial charge in [0.25, 0.3) is 0 Å². The van der Waals surface area contributed by atoms with Gasteiger partial charge in [-0.2, -0.15) is 0 Å². The molecule has 0 radical (unpaired) electrons. The summed E-state index contributed by atoms with van der Waals surface area (Å²) in [6.07, 6.45) is 1.42. The molecule has 0 spiro atoms. The number of nitrogens with zero attached hydrogens (tertiary/aromatic N) is 4. The van der Waals surface area contributed by atoms with Crippen LogP contribution in [0.2, 0.25) is 0 Å². The van der Waals surface area contributed by atoms with Gasteiger partial charge in [-0.25, -0.2) is 9.97 Å². The number of hydrogen-bond acceptors (Lipinski definition) is 5. The molecule has 0 saturated carbocycles. The van der Waals surface area contributed by atoms with Crippen molar-refractivity contribution in [1.82, 2.24) is 19.4 Å². The second kappa shape index (κ2) is 5.38. The molecule has 0 aromatic carbocycles. The Labute approximate surface area is 118 Å². The van der Waals surface area contributed by atoms with Gasteiger partial charge in [0, 0.05) is 31.9 Å². The minimum atomic E-state index is 0.0701. The Kier molecular flexibility index (Phi) is 3.58. The standard InChI is InChI=1S/C14H20N4O2/c1-10-11(2)18(4-3-17-5-7-20-8-6-17)13-12(10)14(19)16-9-15-13/h9H,3-8H2,1-2H3,(H,15,16,19). The van der Waals surface area contributed by atoms with Crippen molar-refractivity contribution in [1.29, 1.82) is 0 Å². The summed E-state index contributed by atoms with van der Waals surface area (Å²) in [5, 5.41) is 10.7. The van der Waals surface area contributed by atoms with Gasteiger partial charge in [-0.15, -0.1) is 0 Å². The Bertz CT molecular complexity index is 617. The molecule has 0 unspecified atom stereocenters. The van der Waals surface area contributed by atoms with Gasteiger partial charge >= 0.3 is 0 Å². The van der Waals surface area contributed by atoms with Crippen LogP contribution in [-0.2, 0) is 11.3 Å². The lowest BCUT2D eigenvalue weighted by molar-refractivity contribution is 0.0364. The van der Waals surface area contributed by atoms with Gasteiger partial charge in [-0.3, -0.25) is 4.90 Å². The van der Waals surface area contributed by atoms with Crippen LogP contribution in [0.4, 0.5) is 0 Å². The molecule has 2 aromatic rings. The lowest BCUT2D eigenvalue weighted by Crippen LogP contribution is -2.38. The molecule has 108 valence electrons. The molecule has 1 aliphatic heterocycles. The Morgan fingerprint density at radius 1 is 1.20 bits per heavy atom. The summed E-state index contributed by atoms with van der Waals surface area (Å²) < 4.78 is 7.53. The molecule has 1 fully saturated rings. The molecule has 0 bridgehead atoms. The highest BCUT2D eigenvalue weighted by atomic mass is 16.5. The molecular formula is C14H20N4O2. The van der Waals surface area contributed by atoms with E-state index in [0.717, 1.165) is 61.7 Å². The zero-order chi connectivity index (χ0) is 14.1. The van der Waals surface area contributed by atoms with Crippen LogP contribution in [0.3, 0.4) is 0 Å². The molecule has 0 amide bonds. The first-order chi connectivity index (χ1) is 9.68. The first-order valence-corrected chi connectivity index (χ1v) is 6.98. The fraction of sp³-hybridized carbons (Fsp3) is 0.571. The van der Waals surface area contributed by atoms with Crippen LogP contribution < -0.4 is 0 Å². The molecule has 6 nitrogen and oxygen atoms in total. The monoisotopic (exact) mass is 276 g/mol. The van der Waals surface area contributed by atoms with Crippen LogP contribution in [0.5, 0.6) is 5.88 Å². The Morgan fingerprint density at radius 3 is 2.70 bits per heavy atom. The minimum absolute atomic E-state index is 0.0701. The highest BCUT2D eigenvalue weighted by Gasteiger charge is 2.17. The maximum atomic E-state index is 9.92. The van der Waals surface area contributed by atoms with E-state index in [1.165, 1.54) is 6.33 Å². The third kappa shape index (κ3) is 2.25. The van der Waals surface area contributed by atoms with Gasteiger partial charge in [-0.1, -0.05) is 0 Å². The summed E-state index contributed by atoms with van der Waals surface area (Å²) in [5.41, 5.74) is 3.02. The summed E-state index contributed by atoms with van der Waals surface area (Å²) in [5.74, 6) is 0.0701. The van der Waals surface area contributed by atoms with Crippen LogP contribution in [0.25, 0.3) is 11.0 Å². The molecule has 1 aliphatic rings. The van der Waals surface area contributed by atoms with E-state index < -0.39 is 0 Å². The molecule has 20 heavy (non-hydrogen) atoms. The fourth-order valence-corrected chi connectivity index (χ4v) is 2.79. The quantitative estimate of drug-likeness (QED) is 0.909. The average Bonchev–Trinajstić information content (AvgIpc) is 2.71. The van der Waals surface area contributed by atoms with E-state index in [1.54, 1.807) is 0 Å². The van der Waals surface area contributed by atoms with Gasteiger partial charge in [0.1, 0.15) is 12.0 Å². The molecule has 1 N–H and O–H groups in total. The Morgan fingerprint density at radius 2 is 1.95 bits per heavy atom. The van der Waals surface area contributed by atoms with Gasteiger partial charge in [0.2, 0.25) is 5.88 Å². The number of rotatable bonds is 3. The number of fused-ring (bicyclic) bond motifs is 1. The van der Waals surface area contributed by atoms with E-state index in [4.69, 9.17) is 4.74 Å². The molecule has 0 aliphatic carbocycles. The van der Waals surface area contributed by atoms with Crippen molar-refractivity contribution in [3.05, 3.63) is 17.6 Å². The molecule has 3 rings (SSSR count). The smallest absolute Gasteiger partial charge is 0.223 e. The van der Waals surface area contributed by atoms with Crippen molar-refractivity contribution < 1.29 is 9.84 Å². The zero-order valence-electron chi connectivity index (χ0n) is 12.0. The van der Waals surface area contributed by atoms with Crippen LogP contribution in [0.1, 0.15) is 11.3 Å². The van der Waals surface area contributed by atoms with Crippen molar-refractivity contribution >= 4 is 11.0 Å². The topological polar surface area (TPSA) is 63.4 Å². The van der Waals surface area contributed by atoms with Crippen molar-refractivity contribution in [3.63, 3.8) is 0 Å². The highest BCUT2D eigenvalue weighted by Crippen LogP contribution is 2.28. The third-order valence-electron chi connectivity index (χ3n) is 4.13. The number of morpholine rings is 1. The zero-order valence-corrected chi connectivity index (χ0v) is 12.0. The van der Waals surface area contributed by atoms with E-state index in [0.29, 0.717) is 0 Å². The number of aromatic hydroxyl groups is 1. The number of aryl methyl sites for hydroxylation is 1. The molecule has 1 saturated heterocycles. The first-order valence-electron chi connectivity index (χ1n) is 6.98. The van der Waals surface area contributed by atoms with Crippen LogP contribution >= 0.6 is 0 Å². The SMILES string of the molecule is Cc1c(C)n(CCN2CCOCC2)c2ncnc(O)c12. The molecule has 3 heterocycles. The van der Waals surface area contributed by atoms with Crippen LogP contribution in [0.15, 0.2) is 6.33 Å². The molecule has 6 heteroatoms. The normalized spacial score (nSPS) is 16.9. The van der Waals surface area contributed by atoms with E-state index >= 15 is 0 Å².